The number of hydrogen-bond donors (Lipinski definition) is 1. The first-order valence-corrected chi connectivity index (χ1v) is 8.65. The maximum atomic E-state index is 13.0. The number of hydrogen-bond acceptors (Lipinski definition) is 5. The van der Waals surface area contributed by atoms with Crippen molar-refractivity contribution >= 4 is 22.6 Å². The van der Waals surface area contributed by atoms with Crippen LogP contribution in [0, 0.1) is 0 Å². The van der Waals surface area contributed by atoms with Crippen molar-refractivity contribution < 1.29 is 14.3 Å². The fourth-order valence-electron chi connectivity index (χ4n) is 3.63. The molecule has 136 valence electrons. The summed E-state index contributed by atoms with van der Waals surface area (Å²) in [6, 6.07) is 7.03. The molecular formula is C18H20N4O4. The number of rotatable bonds is 1. The van der Waals surface area contributed by atoms with E-state index in [4.69, 9.17) is 4.74 Å². The number of nitrogens with zero attached hydrogens (tertiary/aromatic N) is 3. The number of morpholine rings is 1. The third-order valence-electron chi connectivity index (χ3n) is 5.24. The van der Waals surface area contributed by atoms with Crippen molar-refractivity contribution in [3.8, 4) is 0 Å². The minimum Gasteiger partial charge on any atom is -0.363 e. The van der Waals surface area contributed by atoms with Crippen LogP contribution in [0.1, 0.15) is 23.3 Å². The Morgan fingerprint density at radius 3 is 2.54 bits per heavy atom. The average molecular weight is 356 g/mol. The van der Waals surface area contributed by atoms with Crippen molar-refractivity contribution in [1.29, 1.82) is 0 Å². The molecule has 0 unspecified atom stereocenters. The maximum Gasteiger partial charge on any atom is 0.274 e. The molecule has 0 bridgehead atoms. The first kappa shape index (κ1) is 16.7. The number of carbonyl (C=O) groups is 2. The first-order chi connectivity index (χ1) is 12.5. The van der Waals surface area contributed by atoms with Gasteiger partial charge < -0.3 is 15.0 Å². The first-order valence-electron chi connectivity index (χ1n) is 8.65. The van der Waals surface area contributed by atoms with Crippen molar-refractivity contribution in [2.75, 3.05) is 26.2 Å². The van der Waals surface area contributed by atoms with Gasteiger partial charge >= 0.3 is 0 Å². The van der Waals surface area contributed by atoms with Crippen molar-refractivity contribution in [1.82, 2.24) is 20.0 Å². The van der Waals surface area contributed by atoms with E-state index in [9.17, 15) is 14.4 Å². The maximum absolute atomic E-state index is 13.0. The Labute approximate surface area is 149 Å². The molecule has 1 aromatic carbocycles. The molecule has 0 aliphatic carbocycles. The summed E-state index contributed by atoms with van der Waals surface area (Å²) >= 11 is 0. The van der Waals surface area contributed by atoms with Gasteiger partial charge in [-0.1, -0.05) is 18.2 Å². The second-order valence-electron chi connectivity index (χ2n) is 6.86. The third kappa shape index (κ3) is 2.76. The summed E-state index contributed by atoms with van der Waals surface area (Å²) in [6.45, 7) is 1.59. The fourth-order valence-corrected chi connectivity index (χ4v) is 3.63. The molecular weight excluding hydrogens is 336 g/mol. The van der Waals surface area contributed by atoms with Gasteiger partial charge in [-0.05, 0) is 18.9 Å². The zero-order valence-corrected chi connectivity index (χ0v) is 14.5. The van der Waals surface area contributed by atoms with Gasteiger partial charge in [-0.15, -0.1) is 0 Å². The van der Waals surface area contributed by atoms with Crippen LogP contribution in [0.15, 0.2) is 29.1 Å². The molecule has 1 aromatic heterocycles. The molecule has 2 saturated heterocycles. The van der Waals surface area contributed by atoms with Gasteiger partial charge in [0.05, 0.1) is 11.0 Å². The highest BCUT2D eigenvalue weighted by Crippen LogP contribution is 2.28. The van der Waals surface area contributed by atoms with E-state index in [2.05, 4.69) is 10.4 Å². The van der Waals surface area contributed by atoms with E-state index in [1.54, 1.807) is 36.2 Å². The largest absolute Gasteiger partial charge is 0.363 e. The molecule has 2 aliphatic heterocycles. The van der Waals surface area contributed by atoms with Crippen LogP contribution in [-0.2, 0) is 16.6 Å². The predicted molar refractivity (Wildman–Crippen MR) is 93.8 cm³/mol. The molecule has 0 radical (unpaired) electrons. The highest BCUT2D eigenvalue weighted by Gasteiger charge is 2.40. The SMILES string of the molecule is Cn1nc(C(=O)N2CCC3(CC2)CNC(=O)CO3)c2ccccc2c1=O. The van der Waals surface area contributed by atoms with Crippen LogP contribution in [0.5, 0.6) is 0 Å². The van der Waals surface area contributed by atoms with Crippen LogP contribution in [-0.4, -0.2) is 58.3 Å². The average Bonchev–Trinajstić information content (AvgIpc) is 2.67. The monoisotopic (exact) mass is 356 g/mol. The summed E-state index contributed by atoms with van der Waals surface area (Å²) in [5.74, 6) is -0.290. The van der Waals surface area contributed by atoms with Crippen LogP contribution in [0.25, 0.3) is 10.8 Å². The minimum atomic E-state index is -0.385. The van der Waals surface area contributed by atoms with Crippen molar-refractivity contribution in [3.05, 3.63) is 40.3 Å². The lowest BCUT2D eigenvalue weighted by Gasteiger charge is -2.43. The quantitative estimate of drug-likeness (QED) is 0.780. The lowest BCUT2D eigenvalue weighted by Crippen LogP contribution is -2.58. The summed E-state index contributed by atoms with van der Waals surface area (Å²) in [5.41, 5.74) is -0.318. The van der Waals surface area contributed by atoms with Crippen molar-refractivity contribution in [3.63, 3.8) is 0 Å². The molecule has 2 aromatic rings. The molecule has 1 N–H and O–H groups in total. The molecule has 2 fully saturated rings. The molecule has 8 nitrogen and oxygen atoms in total. The Balaban J connectivity index is 1.58. The lowest BCUT2D eigenvalue weighted by atomic mass is 9.89. The molecule has 0 atom stereocenters. The van der Waals surface area contributed by atoms with E-state index < -0.39 is 0 Å². The minimum absolute atomic E-state index is 0.0704. The molecule has 2 aliphatic rings. The number of amides is 2. The molecule has 1 spiro atoms. The van der Waals surface area contributed by atoms with Gasteiger partial charge in [0.25, 0.3) is 11.5 Å². The summed E-state index contributed by atoms with van der Waals surface area (Å²) < 4.78 is 6.96. The van der Waals surface area contributed by atoms with Crippen LogP contribution in [0.3, 0.4) is 0 Å². The number of ether oxygens (including phenoxy) is 1. The lowest BCUT2D eigenvalue weighted by molar-refractivity contribution is -0.149. The van der Waals surface area contributed by atoms with Crippen LogP contribution in [0.2, 0.25) is 0 Å². The topological polar surface area (TPSA) is 93.5 Å². The summed E-state index contributed by atoms with van der Waals surface area (Å²) in [6.07, 6.45) is 1.31. The molecule has 3 heterocycles. The van der Waals surface area contributed by atoms with Crippen LogP contribution in [0.4, 0.5) is 0 Å². The van der Waals surface area contributed by atoms with E-state index in [-0.39, 0.29) is 35.3 Å². The van der Waals surface area contributed by atoms with Crippen LogP contribution >= 0.6 is 0 Å². The van der Waals surface area contributed by atoms with Crippen molar-refractivity contribution in [2.24, 2.45) is 7.05 Å². The second-order valence-corrected chi connectivity index (χ2v) is 6.86. The summed E-state index contributed by atoms with van der Waals surface area (Å²) in [4.78, 5) is 38.3. The normalized spacial score (nSPS) is 19.6. The van der Waals surface area contributed by atoms with Gasteiger partial charge in [-0.25, -0.2) is 4.68 Å². The zero-order valence-electron chi connectivity index (χ0n) is 14.5. The van der Waals surface area contributed by atoms with Crippen LogP contribution < -0.4 is 10.9 Å². The van der Waals surface area contributed by atoms with Gasteiger partial charge in [0, 0.05) is 32.1 Å². The molecule has 2 amide bonds. The number of carbonyl (C=O) groups excluding carboxylic acids is 2. The van der Waals surface area contributed by atoms with E-state index in [0.29, 0.717) is 43.2 Å². The standard InChI is InChI=1S/C18H20N4O4/c1-21-16(24)13-5-3-2-4-12(13)15(20-21)17(25)22-8-6-18(7-9-22)11-19-14(23)10-26-18/h2-5H,6-11H2,1H3,(H,19,23). The summed E-state index contributed by atoms with van der Waals surface area (Å²) in [5, 5.41) is 8.11. The number of aromatic nitrogens is 2. The smallest absolute Gasteiger partial charge is 0.274 e. The number of fused-ring (bicyclic) bond motifs is 1. The van der Waals surface area contributed by atoms with Gasteiger partial charge in [-0.2, -0.15) is 5.10 Å². The summed E-state index contributed by atoms with van der Waals surface area (Å²) in [7, 11) is 1.55. The Hall–Kier alpha value is -2.74. The van der Waals surface area contributed by atoms with Gasteiger partial charge in [-0.3, -0.25) is 14.4 Å². The number of aryl methyl sites for hydroxylation is 1. The Kier molecular flexibility index (Phi) is 3.99. The third-order valence-corrected chi connectivity index (χ3v) is 5.24. The number of piperidine rings is 1. The number of nitrogens with one attached hydrogen (secondary N) is 1. The van der Waals surface area contributed by atoms with E-state index in [1.165, 1.54) is 4.68 Å². The van der Waals surface area contributed by atoms with Gasteiger partial charge in [0.1, 0.15) is 6.61 Å². The number of benzene rings is 1. The fraction of sp³-hybridized carbons (Fsp3) is 0.444. The van der Waals surface area contributed by atoms with E-state index >= 15 is 0 Å². The Bertz CT molecular complexity index is 932. The Morgan fingerprint density at radius 1 is 1.19 bits per heavy atom. The molecule has 26 heavy (non-hydrogen) atoms. The second kappa shape index (κ2) is 6.21. The number of likely N-dealkylation sites (tertiary alicyclic amines) is 1. The molecule has 8 heteroatoms. The van der Waals surface area contributed by atoms with Gasteiger partial charge in [0.15, 0.2) is 5.69 Å². The van der Waals surface area contributed by atoms with E-state index in [0.717, 1.165) is 0 Å². The van der Waals surface area contributed by atoms with E-state index in [1.807, 2.05) is 0 Å². The molecule has 4 rings (SSSR count). The van der Waals surface area contributed by atoms with Crippen molar-refractivity contribution in [2.45, 2.75) is 18.4 Å². The van der Waals surface area contributed by atoms with Gasteiger partial charge in [0.2, 0.25) is 5.91 Å². The zero-order chi connectivity index (χ0) is 18.3. The Morgan fingerprint density at radius 2 is 1.88 bits per heavy atom. The highest BCUT2D eigenvalue weighted by atomic mass is 16.5. The predicted octanol–water partition coefficient (Wildman–Crippen LogP) is 0.0547. The highest BCUT2D eigenvalue weighted by molar-refractivity contribution is 6.04. The molecule has 0 saturated carbocycles.